The van der Waals surface area contributed by atoms with Crippen LogP contribution in [0.25, 0.3) is 0 Å². The molecule has 30 heavy (non-hydrogen) atoms. The molecule has 0 aliphatic rings. The fraction of sp³-hybridized carbons (Fsp3) is 0.391. The third kappa shape index (κ3) is 6.38. The summed E-state index contributed by atoms with van der Waals surface area (Å²) in [5.41, 5.74) is 2.83. The fourth-order valence-corrected chi connectivity index (χ4v) is 3.25. The third-order valence-corrected chi connectivity index (χ3v) is 5.58. The molecule has 0 aromatic heterocycles. The molecule has 1 N–H and O–H groups in total. The van der Waals surface area contributed by atoms with Crippen LogP contribution in [0.3, 0.4) is 0 Å². The number of rotatable bonds is 8. The van der Waals surface area contributed by atoms with E-state index in [0.717, 1.165) is 16.7 Å². The van der Waals surface area contributed by atoms with Gasteiger partial charge in [0.2, 0.25) is 5.91 Å². The predicted octanol–water partition coefficient (Wildman–Crippen LogP) is 4.93. The molecule has 0 radical (unpaired) electrons. The van der Waals surface area contributed by atoms with Crippen molar-refractivity contribution in [2.45, 2.75) is 53.2 Å². The van der Waals surface area contributed by atoms with E-state index in [-0.39, 0.29) is 31.0 Å². The van der Waals surface area contributed by atoms with Crippen molar-refractivity contribution in [3.05, 3.63) is 63.1 Å². The van der Waals surface area contributed by atoms with Crippen LogP contribution in [0.5, 0.6) is 5.75 Å². The summed E-state index contributed by atoms with van der Waals surface area (Å²) in [4.78, 5) is 27.1. The van der Waals surface area contributed by atoms with Gasteiger partial charge in [0, 0.05) is 12.6 Å². The van der Waals surface area contributed by atoms with Crippen molar-refractivity contribution in [1.29, 1.82) is 0 Å². The minimum absolute atomic E-state index is 0.0342. The van der Waals surface area contributed by atoms with Crippen LogP contribution in [-0.4, -0.2) is 35.4 Å². The van der Waals surface area contributed by atoms with E-state index in [9.17, 15) is 9.59 Å². The van der Waals surface area contributed by atoms with Crippen molar-refractivity contribution in [3.8, 4) is 5.75 Å². The number of carbonyl (C=O) groups excluding carboxylic acids is 2. The van der Waals surface area contributed by atoms with Crippen LogP contribution in [0.2, 0.25) is 10.0 Å². The molecule has 7 heteroatoms. The molecule has 2 amide bonds. The second-order valence-corrected chi connectivity index (χ2v) is 8.41. The van der Waals surface area contributed by atoms with E-state index >= 15 is 0 Å². The molecule has 0 unspecified atom stereocenters. The molecule has 1 atom stereocenters. The Balaban J connectivity index is 2.22. The Hall–Kier alpha value is -2.24. The van der Waals surface area contributed by atoms with Crippen molar-refractivity contribution < 1.29 is 14.3 Å². The molecule has 2 aromatic rings. The Labute approximate surface area is 188 Å². The lowest BCUT2D eigenvalue weighted by Crippen LogP contribution is -2.50. The van der Waals surface area contributed by atoms with E-state index in [1.807, 2.05) is 45.9 Å². The lowest BCUT2D eigenvalue weighted by Gasteiger charge is -2.29. The lowest BCUT2D eigenvalue weighted by molar-refractivity contribution is -0.142. The topological polar surface area (TPSA) is 58.6 Å². The average molecular weight is 451 g/mol. The quantitative estimate of drug-likeness (QED) is 0.619. The smallest absolute Gasteiger partial charge is 0.261 e. The number of amides is 2. The standard InChI is InChI=1S/C23H28Cl2N2O3/c1-14(2)26-23(29)17(5)27(12-18-9-10-19(24)20(25)11-18)22(28)13-30-21-8-6-7-15(3)16(21)4/h6-11,14,17H,12-13H2,1-5H3,(H,26,29)/t17-/m1/s1. The molecule has 0 saturated heterocycles. The van der Waals surface area contributed by atoms with Gasteiger partial charge in [-0.2, -0.15) is 0 Å². The number of ether oxygens (including phenoxy) is 1. The van der Waals surface area contributed by atoms with E-state index in [2.05, 4.69) is 5.32 Å². The van der Waals surface area contributed by atoms with Gasteiger partial charge in [-0.3, -0.25) is 9.59 Å². The summed E-state index contributed by atoms with van der Waals surface area (Å²) >= 11 is 12.1. The van der Waals surface area contributed by atoms with Gasteiger partial charge in [-0.15, -0.1) is 0 Å². The lowest BCUT2D eigenvalue weighted by atomic mass is 10.1. The molecule has 0 aliphatic carbocycles. The second kappa shape index (κ2) is 10.7. The first kappa shape index (κ1) is 24.0. The first-order valence-electron chi connectivity index (χ1n) is 9.83. The van der Waals surface area contributed by atoms with Crippen LogP contribution in [0, 0.1) is 13.8 Å². The SMILES string of the molecule is Cc1cccc(OCC(=O)N(Cc2ccc(Cl)c(Cl)c2)[C@H](C)C(=O)NC(C)C)c1C. The summed E-state index contributed by atoms with van der Waals surface area (Å²) in [5, 5.41) is 3.68. The van der Waals surface area contributed by atoms with Gasteiger partial charge in [-0.25, -0.2) is 0 Å². The number of hydrogen-bond donors (Lipinski definition) is 1. The maximum absolute atomic E-state index is 13.1. The molecule has 0 aliphatic heterocycles. The Bertz CT molecular complexity index is 915. The van der Waals surface area contributed by atoms with E-state index < -0.39 is 6.04 Å². The van der Waals surface area contributed by atoms with Gasteiger partial charge < -0.3 is 15.0 Å². The highest BCUT2D eigenvalue weighted by Gasteiger charge is 2.27. The average Bonchev–Trinajstić information content (AvgIpc) is 2.68. The molecule has 5 nitrogen and oxygen atoms in total. The van der Waals surface area contributed by atoms with Crippen molar-refractivity contribution in [2.24, 2.45) is 0 Å². The zero-order valence-corrected chi connectivity index (χ0v) is 19.5. The van der Waals surface area contributed by atoms with Crippen molar-refractivity contribution in [2.75, 3.05) is 6.61 Å². The Kier molecular flexibility index (Phi) is 8.56. The normalized spacial score (nSPS) is 11.9. The van der Waals surface area contributed by atoms with Crippen molar-refractivity contribution >= 4 is 35.0 Å². The first-order chi connectivity index (χ1) is 14.1. The van der Waals surface area contributed by atoms with Crippen LogP contribution in [0.15, 0.2) is 36.4 Å². The van der Waals surface area contributed by atoms with Crippen LogP contribution in [-0.2, 0) is 16.1 Å². The molecule has 0 spiro atoms. The van der Waals surface area contributed by atoms with Gasteiger partial charge in [0.15, 0.2) is 6.61 Å². The van der Waals surface area contributed by atoms with Gasteiger partial charge in [0.1, 0.15) is 11.8 Å². The number of nitrogens with one attached hydrogen (secondary N) is 1. The summed E-state index contributed by atoms with van der Waals surface area (Å²) in [5.74, 6) is 0.121. The predicted molar refractivity (Wildman–Crippen MR) is 121 cm³/mol. The van der Waals surface area contributed by atoms with Gasteiger partial charge in [-0.1, -0.05) is 41.4 Å². The first-order valence-corrected chi connectivity index (χ1v) is 10.6. The number of aryl methyl sites for hydroxylation is 1. The molecular formula is C23H28Cl2N2O3. The summed E-state index contributed by atoms with van der Waals surface area (Å²) in [6, 6.07) is 10.1. The Morgan fingerprint density at radius 3 is 2.40 bits per heavy atom. The summed E-state index contributed by atoms with van der Waals surface area (Å²) in [6.07, 6.45) is 0. The van der Waals surface area contributed by atoms with Crippen molar-refractivity contribution in [1.82, 2.24) is 10.2 Å². The van der Waals surface area contributed by atoms with Gasteiger partial charge >= 0.3 is 0 Å². The van der Waals surface area contributed by atoms with Gasteiger partial charge in [-0.05, 0) is 69.5 Å². The van der Waals surface area contributed by atoms with Crippen LogP contribution >= 0.6 is 23.2 Å². The molecule has 2 rings (SSSR count). The number of benzene rings is 2. The third-order valence-electron chi connectivity index (χ3n) is 4.84. The van der Waals surface area contributed by atoms with Crippen LogP contribution in [0.4, 0.5) is 0 Å². The molecule has 0 heterocycles. The van der Waals surface area contributed by atoms with Crippen LogP contribution < -0.4 is 10.1 Å². The minimum atomic E-state index is -0.684. The molecule has 0 saturated carbocycles. The van der Waals surface area contributed by atoms with E-state index in [0.29, 0.717) is 15.8 Å². The molecule has 162 valence electrons. The molecule has 0 fully saturated rings. The van der Waals surface area contributed by atoms with E-state index in [4.69, 9.17) is 27.9 Å². The highest BCUT2D eigenvalue weighted by molar-refractivity contribution is 6.42. The second-order valence-electron chi connectivity index (χ2n) is 7.60. The largest absolute Gasteiger partial charge is 0.483 e. The Morgan fingerprint density at radius 1 is 1.07 bits per heavy atom. The zero-order chi connectivity index (χ0) is 22.4. The maximum Gasteiger partial charge on any atom is 0.261 e. The highest BCUT2D eigenvalue weighted by atomic mass is 35.5. The molecular weight excluding hydrogens is 423 g/mol. The minimum Gasteiger partial charge on any atom is -0.483 e. The van der Waals surface area contributed by atoms with Gasteiger partial charge in [0.25, 0.3) is 5.91 Å². The monoisotopic (exact) mass is 450 g/mol. The van der Waals surface area contributed by atoms with Crippen LogP contribution in [0.1, 0.15) is 37.5 Å². The van der Waals surface area contributed by atoms with Gasteiger partial charge in [0.05, 0.1) is 10.0 Å². The van der Waals surface area contributed by atoms with Crippen molar-refractivity contribution in [3.63, 3.8) is 0 Å². The highest BCUT2D eigenvalue weighted by Crippen LogP contribution is 2.24. The maximum atomic E-state index is 13.1. The molecule has 0 bridgehead atoms. The number of halogens is 2. The number of hydrogen-bond acceptors (Lipinski definition) is 3. The zero-order valence-electron chi connectivity index (χ0n) is 18.0. The van der Waals surface area contributed by atoms with E-state index in [1.165, 1.54) is 4.90 Å². The summed E-state index contributed by atoms with van der Waals surface area (Å²) < 4.78 is 5.78. The summed E-state index contributed by atoms with van der Waals surface area (Å²) in [7, 11) is 0. The fourth-order valence-electron chi connectivity index (χ4n) is 2.93. The molecule has 2 aromatic carbocycles. The Morgan fingerprint density at radius 2 is 1.77 bits per heavy atom. The van der Waals surface area contributed by atoms with E-state index in [1.54, 1.807) is 25.1 Å². The number of carbonyl (C=O) groups is 2. The number of nitrogens with zero attached hydrogens (tertiary/aromatic N) is 1. The summed E-state index contributed by atoms with van der Waals surface area (Å²) in [6.45, 7) is 9.41.